The number of imidazole rings is 1. The Bertz CT molecular complexity index is 750. The minimum atomic E-state index is 0.517. The van der Waals surface area contributed by atoms with Crippen molar-refractivity contribution in [3.63, 3.8) is 0 Å². The highest BCUT2D eigenvalue weighted by Gasteiger charge is 2.06. The lowest BCUT2D eigenvalue weighted by molar-refractivity contribution is 0.306. The molecule has 0 N–H and O–H groups in total. The molecule has 1 aromatic heterocycles. The number of benzene rings is 2. The lowest BCUT2D eigenvalue weighted by atomic mass is 10.2. The van der Waals surface area contributed by atoms with Gasteiger partial charge >= 0.3 is 0 Å². The van der Waals surface area contributed by atoms with Crippen LogP contribution in [0.2, 0.25) is 5.02 Å². The summed E-state index contributed by atoms with van der Waals surface area (Å²) in [6.45, 7) is 3.51. The van der Waals surface area contributed by atoms with Gasteiger partial charge in [-0.2, -0.15) is 0 Å². The second-order valence-electron chi connectivity index (χ2n) is 4.98. The minimum absolute atomic E-state index is 0.517. The first-order valence-electron chi connectivity index (χ1n) is 7.25. The van der Waals surface area contributed by atoms with Gasteiger partial charge in [-0.1, -0.05) is 35.9 Å². The summed E-state index contributed by atoms with van der Waals surface area (Å²) in [5, 5.41) is 0.733. The van der Waals surface area contributed by atoms with Crippen LogP contribution in [0.25, 0.3) is 11.4 Å². The lowest BCUT2D eigenvalue weighted by Crippen LogP contribution is -1.98. The first-order chi connectivity index (χ1) is 10.8. The molecule has 0 bridgehead atoms. The summed E-state index contributed by atoms with van der Waals surface area (Å²) >= 11 is 5.89. The van der Waals surface area contributed by atoms with Crippen LogP contribution in [-0.4, -0.2) is 9.55 Å². The average Bonchev–Trinajstić information content (AvgIpc) is 3.03. The monoisotopic (exact) mass is 312 g/mol. The Kier molecular flexibility index (Phi) is 4.45. The number of rotatable bonds is 5. The van der Waals surface area contributed by atoms with Gasteiger partial charge in [0.25, 0.3) is 0 Å². The predicted molar refractivity (Wildman–Crippen MR) is 89.1 cm³/mol. The molecule has 3 rings (SSSR count). The number of hydrogen-bond acceptors (Lipinski definition) is 2. The summed E-state index contributed by atoms with van der Waals surface area (Å²) in [5.74, 6) is 1.79. The van der Waals surface area contributed by atoms with Gasteiger partial charge in [-0.3, -0.25) is 0 Å². The molecular formula is C18H17ClN2O. The third-order valence-corrected chi connectivity index (χ3v) is 3.72. The van der Waals surface area contributed by atoms with Gasteiger partial charge < -0.3 is 9.30 Å². The number of nitrogens with zero attached hydrogens (tertiary/aromatic N) is 2. The molecule has 0 atom stereocenters. The molecule has 0 fully saturated rings. The van der Waals surface area contributed by atoms with E-state index in [1.807, 2.05) is 60.9 Å². The van der Waals surface area contributed by atoms with Gasteiger partial charge in [0.2, 0.25) is 0 Å². The molecule has 0 aliphatic heterocycles. The Labute approximate surface area is 135 Å². The maximum atomic E-state index is 5.89. The number of ether oxygens (including phenoxy) is 1. The Morgan fingerprint density at radius 2 is 1.95 bits per heavy atom. The van der Waals surface area contributed by atoms with Crippen LogP contribution in [-0.2, 0) is 13.2 Å². The van der Waals surface area contributed by atoms with Crippen molar-refractivity contribution in [3.05, 3.63) is 71.5 Å². The minimum Gasteiger partial charge on any atom is -0.489 e. The maximum Gasteiger partial charge on any atom is 0.140 e. The van der Waals surface area contributed by atoms with Crippen LogP contribution in [0.1, 0.15) is 12.5 Å². The highest BCUT2D eigenvalue weighted by Crippen LogP contribution is 2.23. The summed E-state index contributed by atoms with van der Waals surface area (Å²) < 4.78 is 7.97. The molecule has 0 unspecified atom stereocenters. The van der Waals surface area contributed by atoms with Crippen LogP contribution in [0.5, 0.6) is 5.75 Å². The molecule has 0 saturated carbocycles. The van der Waals surface area contributed by atoms with Crippen molar-refractivity contribution in [2.75, 3.05) is 0 Å². The third-order valence-electron chi connectivity index (χ3n) is 3.47. The van der Waals surface area contributed by atoms with Gasteiger partial charge in [0, 0.05) is 29.5 Å². The molecule has 0 amide bonds. The van der Waals surface area contributed by atoms with Crippen LogP contribution < -0.4 is 4.74 Å². The molecule has 0 radical (unpaired) electrons. The van der Waals surface area contributed by atoms with Gasteiger partial charge in [0.1, 0.15) is 18.2 Å². The van der Waals surface area contributed by atoms with Crippen LogP contribution in [0, 0.1) is 0 Å². The molecule has 4 heteroatoms. The summed E-state index contributed by atoms with van der Waals surface area (Å²) in [6, 6.07) is 15.7. The number of aromatic nitrogens is 2. The molecular weight excluding hydrogens is 296 g/mol. The van der Waals surface area contributed by atoms with Gasteiger partial charge in [-0.05, 0) is 36.8 Å². The average molecular weight is 313 g/mol. The molecule has 1 heterocycles. The quantitative estimate of drug-likeness (QED) is 0.676. The fraction of sp³-hybridized carbons (Fsp3) is 0.167. The van der Waals surface area contributed by atoms with Crippen LogP contribution in [0.3, 0.4) is 0 Å². The van der Waals surface area contributed by atoms with E-state index in [1.54, 1.807) is 0 Å². The van der Waals surface area contributed by atoms with E-state index >= 15 is 0 Å². The van der Waals surface area contributed by atoms with Crippen LogP contribution in [0.15, 0.2) is 60.9 Å². The molecule has 112 valence electrons. The normalized spacial score (nSPS) is 10.6. The van der Waals surface area contributed by atoms with Gasteiger partial charge in [0.05, 0.1) is 0 Å². The van der Waals surface area contributed by atoms with Crippen molar-refractivity contribution >= 4 is 11.6 Å². The molecule has 3 nitrogen and oxygen atoms in total. The lowest BCUT2D eigenvalue weighted by Gasteiger charge is -2.09. The van der Waals surface area contributed by atoms with Crippen molar-refractivity contribution in [1.82, 2.24) is 9.55 Å². The largest absolute Gasteiger partial charge is 0.489 e. The molecule has 3 aromatic rings. The van der Waals surface area contributed by atoms with E-state index in [9.17, 15) is 0 Å². The molecule has 0 spiro atoms. The van der Waals surface area contributed by atoms with E-state index in [-0.39, 0.29) is 0 Å². The Hall–Kier alpha value is -2.26. The smallest absolute Gasteiger partial charge is 0.140 e. The van der Waals surface area contributed by atoms with Crippen molar-refractivity contribution in [2.24, 2.45) is 0 Å². The maximum absolute atomic E-state index is 5.89. The van der Waals surface area contributed by atoms with Gasteiger partial charge in [0.15, 0.2) is 0 Å². The summed E-state index contributed by atoms with van der Waals surface area (Å²) in [7, 11) is 0. The van der Waals surface area contributed by atoms with Crippen molar-refractivity contribution in [3.8, 4) is 17.1 Å². The zero-order chi connectivity index (χ0) is 15.4. The van der Waals surface area contributed by atoms with E-state index in [4.69, 9.17) is 16.3 Å². The number of aryl methyl sites for hydroxylation is 1. The Morgan fingerprint density at radius 1 is 1.14 bits per heavy atom. The van der Waals surface area contributed by atoms with E-state index in [0.29, 0.717) is 6.61 Å². The van der Waals surface area contributed by atoms with Gasteiger partial charge in [-0.15, -0.1) is 0 Å². The first-order valence-corrected chi connectivity index (χ1v) is 7.63. The SMILES string of the molecule is CCn1ccnc1-c1cccc(OCc2ccc(Cl)cc2)c1. The van der Waals surface area contributed by atoms with E-state index < -0.39 is 0 Å². The van der Waals surface area contributed by atoms with Gasteiger partial charge in [-0.25, -0.2) is 4.98 Å². The molecule has 0 aliphatic rings. The molecule has 0 saturated heterocycles. The van der Waals surface area contributed by atoms with Crippen molar-refractivity contribution < 1.29 is 4.74 Å². The molecule has 22 heavy (non-hydrogen) atoms. The number of hydrogen-bond donors (Lipinski definition) is 0. The standard InChI is InChI=1S/C18H17ClN2O/c1-2-21-11-10-20-18(21)15-4-3-5-17(12-15)22-13-14-6-8-16(19)9-7-14/h3-12H,2,13H2,1H3. The predicted octanol–water partition coefficient (Wildman–Crippen LogP) is 4.80. The van der Waals surface area contributed by atoms with Crippen LogP contribution >= 0.6 is 11.6 Å². The topological polar surface area (TPSA) is 27.1 Å². The van der Waals surface area contributed by atoms with Crippen molar-refractivity contribution in [1.29, 1.82) is 0 Å². The fourth-order valence-corrected chi connectivity index (χ4v) is 2.42. The Morgan fingerprint density at radius 3 is 2.73 bits per heavy atom. The zero-order valence-electron chi connectivity index (χ0n) is 12.4. The molecule has 0 aliphatic carbocycles. The summed E-state index contributed by atoms with van der Waals surface area (Å²) in [4.78, 5) is 4.42. The first kappa shape index (κ1) is 14.7. The molecule has 2 aromatic carbocycles. The highest BCUT2D eigenvalue weighted by atomic mass is 35.5. The van der Waals surface area contributed by atoms with Crippen LogP contribution in [0.4, 0.5) is 0 Å². The zero-order valence-corrected chi connectivity index (χ0v) is 13.1. The summed E-state index contributed by atoms with van der Waals surface area (Å²) in [5.41, 5.74) is 2.14. The Balaban J connectivity index is 1.75. The second kappa shape index (κ2) is 6.67. The summed E-state index contributed by atoms with van der Waals surface area (Å²) in [6.07, 6.45) is 3.80. The van der Waals surface area contributed by atoms with E-state index in [1.165, 1.54) is 0 Å². The fourth-order valence-electron chi connectivity index (χ4n) is 2.30. The number of halogens is 1. The van der Waals surface area contributed by atoms with E-state index in [2.05, 4.69) is 16.5 Å². The highest BCUT2D eigenvalue weighted by molar-refractivity contribution is 6.30. The second-order valence-corrected chi connectivity index (χ2v) is 5.42. The van der Waals surface area contributed by atoms with Crippen molar-refractivity contribution in [2.45, 2.75) is 20.1 Å². The van der Waals surface area contributed by atoms with E-state index in [0.717, 1.165) is 34.3 Å². The third kappa shape index (κ3) is 3.31.